The fourth-order valence-corrected chi connectivity index (χ4v) is 1.71. The predicted octanol–water partition coefficient (Wildman–Crippen LogP) is 2.91. The fraction of sp³-hybridized carbons (Fsp3) is 0.833. The number of unbranched alkanes of at least 4 members (excludes halogenated alkanes) is 3. The molecule has 1 atom stereocenters. The smallest absolute Gasteiger partial charge is 0.306 e. The van der Waals surface area contributed by atoms with Crippen molar-refractivity contribution in [2.24, 2.45) is 5.92 Å². The third kappa shape index (κ3) is 8.26. The molecule has 0 aromatic rings. The Morgan fingerprint density at radius 1 is 1.00 bits per heavy atom. The lowest BCUT2D eigenvalue weighted by molar-refractivity contribution is -0.143. The van der Waals surface area contributed by atoms with Crippen molar-refractivity contribution < 1.29 is 19.8 Å². The summed E-state index contributed by atoms with van der Waals surface area (Å²) in [4.78, 5) is 21.2. The Morgan fingerprint density at radius 3 is 2.12 bits per heavy atom. The van der Waals surface area contributed by atoms with Crippen molar-refractivity contribution in [2.75, 3.05) is 0 Å². The van der Waals surface area contributed by atoms with Crippen LogP contribution in [0.15, 0.2) is 0 Å². The topological polar surface area (TPSA) is 74.6 Å². The summed E-state index contributed by atoms with van der Waals surface area (Å²) in [6.07, 6.45) is 5.96. The van der Waals surface area contributed by atoms with Gasteiger partial charge in [0.2, 0.25) is 0 Å². The van der Waals surface area contributed by atoms with Crippen LogP contribution in [-0.2, 0) is 9.59 Å². The molecule has 0 aliphatic heterocycles. The van der Waals surface area contributed by atoms with Crippen LogP contribution in [0.3, 0.4) is 0 Å². The Kier molecular flexibility index (Phi) is 8.58. The second-order valence-corrected chi connectivity index (χ2v) is 4.17. The highest BCUT2D eigenvalue weighted by atomic mass is 16.4. The zero-order chi connectivity index (χ0) is 12.4. The minimum Gasteiger partial charge on any atom is -0.481 e. The van der Waals surface area contributed by atoms with Crippen molar-refractivity contribution in [1.29, 1.82) is 0 Å². The first-order chi connectivity index (χ1) is 7.57. The maximum Gasteiger partial charge on any atom is 0.306 e. The molecule has 94 valence electrons. The number of carboxylic acid groups (broad SMARTS) is 2. The molecule has 0 spiro atoms. The zero-order valence-corrected chi connectivity index (χ0v) is 9.95. The van der Waals surface area contributed by atoms with Crippen molar-refractivity contribution in [2.45, 2.75) is 58.3 Å². The van der Waals surface area contributed by atoms with Crippen LogP contribution in [0.4, 0.5) is 0 Å². The molecule has 0 amide bonds. The van der Waals surface area contributed by atoms with E-state index in [-0.39, 0.29) is 12.3 Å². The van der Waals surface area contributed by atoms with Crippen LogP contribution in [0.5, 0.6) is 0 Å². The molecule has 0 aromatic heterocycles. The molecule has 16 heavy (non-hydrogen) atoms. The Bertz CT molecular complexity index is 213. The lowest BCUT2D eigenvalue weighted by Crippen LogP contribution is -2.14. The van der Waals surface area contributed by atoms with Crippen LogP contribution in [0.25, 0.3) is 0 Å². The maximum absolute atomic E-state index is 10.9. The molecule has 0 saturated heterocycles. The van der Waals surface area contributed by atoms with Crippen molar-refractivity contribution in [3.8, 4) is 0 Å². The van der Waals surface area contributed by atoms with Gasteiger partial charge < -0.3 is 10.2 Å². The van der Waals surface area contributed by atoms with Gasteiger partial charge in [-0.25, -0.2) is 0 Å². The van der Waals surface area contributed by atoms with Gasteiger partial charge in [0.15, 0.2) is 0 Å². The van der Waals surface area contributed by atoms with E-state index in [0.29, 0.717) is 19.3 Å². The van der Waals surface area contributed by atoms with Gasteiger partial charge in [0.25, 0.3) is 0 Å². The van der Waals surface area contributed by atoms with E-state index in [0.717, 1.165) is 25.7 Å². The first-order valence-corrected chi connectivity index (χ1v) is 6.02. The fourth-order valence-electron chi connectivity index (χ4n) is 1.71. The first kappa shape index (κ1) is 14.9. The summed E-state index contributed by atoms with van der Waals surface area (Å²) in [5.41, 5.74) is 0. The Hall–Kier alpha value is -1.06. The molecule has 0 radical (unpaired) electrons. The Morgan fingerprint density at radius 2 is 1.62 bits per heavy atom. The molecule has 0 saturated carbocycles. The van der Waals surface area contributed by atoms with Crippen LogP contribution in [0.1, 0.15) is 58.3 Å². The van der Waals surface area contributed by atoms with Crippen LogP contribution in [0, 0.1) is 5.92 Å². The van der Waals surface area contributed by atoms with Gasteiger partial charge in [-0.1, -0.05) is 32.6 Å². The molecule has 4 nitrogen and oxygen atoms in total. The molecular weight excluding hydrogens is 208 g/mol. The van der Waals surface area contributed by atoms with Gasteiger partial charge in [0.05, 0.1) is 5.92 Å². The number of aliphatic carboxylic acids is 2. The maximum atomic E-state index is 10.9. The second kappa shape index (κ2) is 9.19. The van der Waals surface area contributed by atoms with Crippen molar-refractivity contribution in [1.82, 2.24) is 0 Å². The normalized spacial score (nSPS) is 12.3. The predicted molar refractivity (Wildman–Crippen MR) is 61.4 cm³/mol. The van der Waals surface area contributed by atoms with Gasteiger partial charge in [-0.15, -0.1) is 0 Å². The molecule has 2 N–H and O–H groups in total. The number of carboxylic acids is 2. The first-order valence-electron chi connectivity index (χ1n) is 6.02. The lowest BCUT2D eigenvalue weighted by Gasteiger charge is -2.11. The van der Waals surface area contributed by atoms with E-state index in [1.165, 1.54) is 0 Å². The van der Waals surface area contributed by atoms with Gasteiger partial charge in [-0.2, -0.15) is 0 Å². The molecular formula is C12H22O4. The van der Waals surface area contributed by atoms with E-state index in [4.69, 9.17) is 10.2 Å². The molecule has 0 aliphatic rings. The largest absolute Gasteiger partial charge is 0.481 e. The minimum atomic E-state index is -0.852. The van der Waals surface area contributed by atoms with E-state index in [2.05, 4.69) is 6.92 Å². The third-order valence-corrected chi connectivity index (χ3v) is 2.70. The highest BCUT2D eigenvalue weighted by molar-refractivity contribution is 5.70. The summed E-state index contributed by atoms with van der Waals surface area (Å²) < 4.78 is 0. The van der Waals surface area contributed by atoms with Crippen molar-refractivity contribution >= 4 is 11.9 Å². The number of hydrogen-bond acceptors (Lipinski definition) is 2. The number of carbonyl (C=O) groups is 2. The van der Waals surface area contributed by atoms with Crippen molar-refractivity contribution in [3.05, 3.63) is 0 Å². The molecule has 0 bridgehead atoms. The van der Waals surface area contributed by atoms with Gasteiger partial charge in [0, 0.05) is 6.42 Å². The Labute approximate surface area is 96.7 Å². The average Bonchev–Trinajstić information content (AvgIpc) is 2.20. The highest BCUT2D eigenvalue weighted by Crippen LogP contribution is 2.17. The summed E-state index contributed by atoms with van der Waals surface area (Å²) in [7, 11) is 0. The zero-order valence-electron chi connectivity index (χ0n) is 9.95. The van der Waals surface area contributed by atoms with Crippen LogP contribution in [-0.4, -0.2) is 22.2 Å². The van der Waals surface area contributed by atoms with E-state index >= 15 is 0 Å². The molecule has 0 rings (SSSR count). The quantitative estimate of drug-likeness (QED) is 0.566. The van der Waals surface area contributed by atoms with E-state index in [9.17, 15) is 9.59 Å². The summed E-state index contributed by atoms with van der Waals surface area (Å²) >= 11 is 0. The van der Waals surface area contributed by atoms with E-state index < -0.39 is 11.9 Å². The lowest BCUT2D eigenvalue weighted by atomic mass is 9.95. The number of rotatable bonds is 10. The molecule has 0 heterocycles. The standard InChI is InChI=1S/C12H22O4/c1-2-3-4-5-7-10(12(15)16)8-6-9-11(13)14/h10H,2-9H2,1H3,(H,13,14)(H,15,16). The molecule has 0 aliphatic carbocycles. The SMILES string of the molecule is CCCCCCC(CCCC(=O)O)C(=O)O. The minimum absolute atomic E-state index is 0.0682. The van der Waals surface area contributed by atoms with Crippen LogP contribution < -0.4 is 0 Å². The van der Waals surface area contributed by atoms with Gasteiger partial charge in [-0.05, 0) is 19.3 Å². The summed E-state index contributed by atoms with van der Waals surface area (Å²) in [5, 5.41) is 17.4. The van der Waals surface area contributed by atoms with E-state index in [1.807, 2.05) is 0 Å². The molecule has 0 aromatic carbocycles. The molecule has 4 heteroatoms. The van der Waals surface area contributed by atoms with Gasteiger partial charge in [0.1, 0.15) is 0 Å². The van der Waals surface area contributed by atoms with Gasteiger partial charge >= 0.3 is 11.9 Å². The average molecular weight is 230 g/mol. The molecule has 0 fully saturated rings. The Balaban J connectivity index is 3.71. The van der Waals surface area contributed by atoms with Crippen LogP contribution >= 0.6 is 0 Å². The molecule has 1 unspecified atom stereocenters. The monoisotopic (exact) mass is 230 g/mol. The van der Waals surface area contributed by atoms with Gasteiger partial charge in [-0.3, -0.25) is 9.59 Å². The number of hydrogen-bond donors (Lipinski definition) is 2. The van der Waals surface area contributed by atoms with E-state index in [1.54, 1.807) is 0 Å². The third-order valence-electron chi connectivity index (χ3n) is 2.70. The van der Waals surface area contributed by atoms with Crippen LogP contribution in [0.2, 0.25) is 0 Å². The summed E-state index contributed by atoms with van der Waals surface area (Å²) in [6.45, 7) is 2.11. The van der Waals surface area contributed by atoms with Crippen molar-refractivity contribution in [3.63, 3.8) is 0 Å². The summed E-state index contributed by atoms with van der Waals surface area (Å²) in [6, 6.07) is 0. The second-order valence-electron chi connectivity index (χ2n) is 4.17. The summed E-state index contributed by atoms with van der Waals surface area (Å²) in [5.74, 6) is -2.01. The highest BCUT2D eigenvalue weighted by Gasteiger charge is 2.16.